The number of rotatable bonds is 4. The Labute approximate surface area is 147 Å². The van der Waals surface area contributed by atoms with Crippen molar-refractivity contribution in [2.45, 2.75) is 77.7 Å². The van der Waals surface area contributed by atoms with Crippen molar-refractivity contribution < 1.29 is 22.0 Å². The third-order valence-electron chi connectivity index (χ3n) is 6.48. The molecule has 0 aromatic rings. The summed E-state index contributed by atoms with van der Waals surface area (Å²) < 4.78 is 67.7. The fourth-order valence-corrected chi connectivity index (χ4v) is 4.71. The first-order valence-corrected chi connectivity index (χ1v) is 9.37. The summed E-state index contributed by atoms with van der Waals surface area (Å²) >= 11 is 0. The number of hydrogen-bond donors (Lipinski definition) is 0. The van der Waals surface area contributed by atoms with Gasteiger partial charge in [-0.2, -0.15) is 13.2 Å². The fraction of sp³-hybridized carbons (Fsp3) is 1.00. The van der Waals surface area contributed by atoms with Crippen LogP contribution < -0.4 is 0 Å². The van der Waals surface area contributed by atoms with Crippen molar-refractivity contribution in [1.29, 1.82) is 0 Å². The molecular weight excluding hydrogens is 339 g/mol. The first kappa shape index (κ1) is 20.9. The molecule has 2 heterocycles. The van der Waals surface area contributed by atoms with Gasteiger partial charge in [0, 0.05) is 18.6 Å². The number of alkyl halides is 5. The van der Waals surface area contributed by atoms with Crippen LogP contribution in [0.5, 0.6) is 0 Å². The number of halogens is 5. The molecule has 148 valence electrons. The molecule has 2 unspecified atom stereocenters. The lowest BCUT2D eigenvalue weighted by molar-refractivity contribution is -0.216. The van der Waals surface area contributed by atoms with E-state index in [2.05, 4.69) is 0 Å². The van der Waals surface area contributed by atoms with Gasteiger partial charge in [-0.15, -0.1) is 0 Å². The Kier molecular flexibility index (Phi) is 6.74. The Balaban J connectivity index is 2.25. The highest BCUT2D eigenvalue weighted by molar-refractivity contribution is 4.96. The maximum absolute atomic E-state index is 14.0. The zero-order chi connectivity index (χ0) is 18.9. The summed E-state index contributed by atoms with van der Waals surface area (Å²) in [5, 5.41) is 0. The van der Waals surface area contributed by atoms with Crippen molar-refractivity contribution >= 4 is 0 Å². The summed E-state index contributed by atoms with van der Waals surface area (Å²) in [6.07, 6.45) is -4.73. The molecule has 0 saturated carbocycles. The first-order chi connectivity index (χ1) is 11.5. The van der Waals surface area contributed by atoms with Gasteiger partial charge >= 0.3 is 6.18 Å². The fourth-order valence-electron chi connectivity index (χ4n) is 4.71. The molecule has 2 nitrogen and oxygen atoms in total. The van der Waals surface area contributed by atoms with Crippen LogP contribution >= 0.6 is 0 Å². The van der Waals surface area contributed by atoms with Gasteiger partial charge in [0.25, 0.3) is 6.43 Å². The van der Waals surface area contributed by atoms with Crippen LogP contribution in [-0.2, 0) is 0 Å². The first-order valence-electron chi connectivity index (χ1n) is 9.37. The topological polar surface area (TPSA) is 6.48 Å². The predicted molar refractivity (Wildman–Crippen MR) is 88.7 cm³/mol. The number of piperidine rings is 2. The van der Waals surface area contributed by atoms with E-state index >= 15 is 0 Å². The lowest BCUT2D eigenvalue weighted by Crippen LogP contribution is -2.61. The monoisotopic (exact) mass is 370 g/mol. The van der Waals surface area contributed by atoms with Gasteiger partial charge in [0.15, 0.2) is 0 Å². The summed E-state index contributed by atoms with van der Waals surface area (Å²) in [5.74, 6) is -0.465. The van der Waals surface area contributed by atoms with Crippen LogP contribution in [0.1, 0.15) is 47.0 Å². The van der Waals surface area contributed by atoms with Crippen LogP contribution in [-0.4, -0.2) is 60.2 Å². The molecule has 2 rings (SSSR count). The molecule has 2 aliphatic rings. The highest BCUT2D eigenvalue weighted by Gasteiger charge is 2.52. The van der Waals surface area contributed by atoms with Crippen molar-refractivity contribution in [3.05, 3.63) is 0 Å². The predicted octanol–water partition coefficient (Wildman–Crippen LogP) is 4.65. The minimum absolute atomic E-state index is 0.0279. The van der Waals surface area contributed by atoms with Crippen LogP contribution in [0.3, 0.4) is 0 Å². The largest absolute Gasteiger partial charge is 0.404 e. The van der Waals surface area contributed by atoms with Gasteiger partial charge < -0.3 is 0 Å². The van der Waals surface area contributed by atoms with E-state index in [1.807, 2.05) is 27.7 Å². The van der Waals surface area contributed by atoms with E-state index < -0.39 is 31.1 Å². The lowest BCUT2D eigenvalue weighted by atomic mass is 9.78. The Morgan fingerprint density at radius 2 is 1.64 bits per heavy atom. The third-order valence-corrected chi connectivity index (χ3v) is 6.48. The minimum atomic E-state index is -4.34. The summed E-state index contributed by atoms with van der Waals surface area (Å²) in [6, 6.07) is -1.80. The molecule has 0 radical (unpaired) electrons. The van der Waals surface area contributed by atoms with E-state index in [4.69, 9.17) is 0 Å². The number of nitrogens with zero attached hydrogens (tertiary/aromatic N) is 2. The van der Waals surface area contributed by atoms with Crippen molar-refractivity contribution in [3.63, 3.8) is 0 Å². The van der Waals surface area contributed by atoms with E-state index in [-0.39, 0.29) is 30.5 Å². The lowest BCUT2D eigenvalue weighted by Gasteiger charge is -2.50. The highest BCUT2D eigenvalue weighted by Crippen LogP contribution is 2.41. The molecule has 0 amide bonds. The SMILES string of the molecule is C[C@H]1CC(C(N2CCC[C@H](C)[C@@H]2C)C(F)(F)F)CN(CC(F)F)[C@H]1C. The smallest absolute Gasteiger partial charge is 0.294 e. The average molecular weight is 370 g/mol. The van der Waals surface area contributed by atoms with E-state index in [1.54, 1.807) is 9.80 Å². The Bertz CT molecular complexity index is 428. The van der Waals surface area contributed by atoms with Gasteiger partial charge in [-0.05, 0) is 57.4 Å². The summed E-state index contributed by atoms with van der Waals surface area (Å²) in [7, 11) is 0. The van der Waals surface area contributed by atoms with E-state index in [0.29, 0.717) is 13.0 Å². The summed E-state index contributed by atoms with van der Waals surface area (Å²) in [4.78, 5) is 3.16. The molecule has 2 saturated heterocycles. The third kappa shape index (κ3) is 4.85. The molecule has 0 aromatic carbocycles. The van der Waals surface area contributed by atoms with Crippen LogP contribution in [0.15, 0.2) is 0 Å². The quantitative estimate of drug-likeness (QED) is 0.665. The Morgan fingerprint density at radius 3 is 2.20 bits per heavy atom. The second-order valence-corrected chi connectivity index (χ2v) is 8.14. The van der Waals surface area contributed by atoms with Crippen molar-refractivity contribution in [3.8, 4) is 0 Å². The maximum atomic E-state index is 14.0. The van der Waals surface area contributed by atoms with Gasteiger partial charge in [-0.25, -0.2) is 8.78 Å². The van der Waals surface area contributed by atoms with Gasteiger partial charge in [-0.1, -0.05) is 13.8 Å². The van der Waals surface area contributed by atoms with Crippen LogP contribution in [0, 0.1) is 17.8 Å². The number of likely N-dealkylation sites (tertiary alicyclic amines) is 2. The van der Waals surface area contributed by atoms with E-state index in [0.717, 1.165) is 12.8 Å². The normalized spacial score (nSPS) is 37.4. The molecule has 25 heavy (non-hydrogen) atoms. The molecule has 2 fully saturated rings. The van der Waals surface area contributed by atoms with Crippen LogP contribution in [0.2, 0.25) is 0 Å². The summed E-state index contributed by atoms with van der Waals surface area (Å²) in [5.41, 5.74) is 0. The second-order valence-electron chi connectivity index (χ2n) is 8.14. The van der Waals surface area contributed by atoms with Crippen LogP contribution in [0.25, 0.3) is 0 Å². The van der Waals surface area contributed by atoms with Crippen molar-refractivity contribution in [2.24, 2.45) is 17.8 Å². The second kappa shape index (κ2) is 8.07. The van der Waals surface area contributed by atoms with Crippen LogP contribution in [0.4, 0.5) is 22.0 Å². The average Bonchev–Trinajstić information content (AvgIpc) is 2.47. The molecule has 0 aromatic heterocycles. The molecule has 0 spiro atoms. The zero-order valence-electron chi connectivity index (χ0n) is 15.6. The summed E-state index contributed by atoms with van der Waals surface area (Å²) in [6.45, 7) is 7.68. The van der Waals surface area contributed by atoms with E-state index in [9.17, 15) is 22.0 Å². The molecule has 2 aliphatic heterocycles. The molecule has 0 N–H and O–H groups in total. The molecule has 0 bridgehead atoms. The van der Waals surface area contributed by atoms with E-state index in [1.165, 1.54) is 0 Å². The standard InChI is InChI=1S/C18H31F5N2/c1-11-6-5-7-25(14(11)4)17(18(21,22)23)15-8-12(2)13(3)24(9-15)10-16(19)20/h11-17H,5-10H2,1-4H3/t11-,12-,13-,14-,15?,17?/m0/s1. The number of hydrogen-bond acceptors (Lipinski definition) is 2. The van der Waals surface area contributed by atoms with Gasteiger partial charge in [-0.3, -0.25) is 9.80 Å². The molecule has 7 heteroatoms. The Morgan fingerprint density at radius 1 is 1.00 bits per heavy atom. The molecule has 6 atom stereocenters. The minimum Gasteiger partial charge on any atom is -0.294 e. The van der Waals surface area contributed by atoms with Gasteiger partial charge in [0.2, 0.25) is 0 Å². The van der Waals surface area contributed by atoms with Crippen molar-refractivity contribution in [2.75, 3.05) is 19.6 Å². The van der Waals surface area contributed by atoms with Crippen molar-refractivity contribution in [1.82, 2.24) is 9.80 Å². The Hall–Kier alpha value is -0.430. The molecule has 0 aliphatic carbocycles. The maximum Gasteiger partial charge on any atom is 0.404 e. The molecular formula is C18H31F5N2. The van der Waals surface area contributed by atoms with Gasteiger partial charge in [0.05, 0.1) is 6.54 Å². The van der Waals surface area contributed by atoms with Gasteiger partial charge in [0.1, 0.15) is 6.04 Å². The highest BCUT2D eigenvalue weighted by atomic mass is 19.4. The zero-order valence-corrected chi connectivity index (χ0v) is 15.6.